The molecule has 0 spiro atoms. The van der Waals surface area contributed by atoms with E-state index in [4.69, 9.17) is 15.2 Å². The summed E-state index contributed by atoms with van der Waals surface area (Å²) in [6, 6.07) is 12.2. The third kappa shape index (κ3) is 1.59. The van der Waals surface area contributed by atoms with Gasteiger partial charge in [0.2, 0.25) is 5.91 Å². The summed E-state index contributed by atoms with van der Waals surface area (Å²) in [6.45, 7) is 0. The molecular formula is C13H9NO3. The normalized spacial score (nSPS) is 11.8. The van der Waals surface area contributed by atoms with Gasteiger partial charge in [0, 0.05) is 5.56 Å². The van der Waals surface area contributed by atoms with Crippen molar-refractivity contribution in [2.75, 3.05) is 0 Å². The van der Waals surface area contributed by atoms with Crippen molar-refractivity contribution in [1.29, 1.82) is 0 Å². The summed E-state index contributed by atoms with van der Waals surface area (Å²) < 4.78 is 11.3. The van der Waals surface area contributed by atoms with Crippen LogP contribution in [0.2, 0.25) is 0 Å². The van der Waals surface area contributed by atoms with Gasteiger partial charge in [-0.25, -0.2) is 0 Å². The first-order chi connectivity index (χ1) is 8.24. The van der Waals surface area contributed by atoms with Crippen LogP contribution in [0.4, 0.5) is 0 Å². The van der Waals surface area contributed by atoms with Crippen LogP contribution in [0.5, 0.6) is 23.0 Å². The lowest BCUT2D eigenvalue weighted by molar-refractivity contribution is 0.1000. The zero-order valence-corrected chi connectivity index (χ0v) is 8.84. The van der Waals surface area contributed by atoms with E-state index in [0.717, 1.165) is 0 Å². The highest BCUT2D eigenvalue weighted by Gasteiger charge is 2.19. The first kappa shape index (κ1) is 9.72. The van der Waals surface area contributed by atoms with E-state index in [0.29, 0.717) is 28.6 Å². The number of carbonyl (C=O) groups is 1. The first-order valence-electron chi connectivity index (χ1n) is 5.12. The average Bonchev–Trinajstić information content (AvgIpc) is 2.35. The molecule has 1 aliphatic rings. The Morgan fingerprint density at radius 3 is 2.12 bits per heavy atom. The summed E-state index contributed by atoms with van der Waals surface area (Å²) in [7, 11) is 0. The number of hydrogen-bond acceptors (Lipinski definition) is 3. The number of fused-ring (bicyclic) bond motifs is 2. The number of para-hydroxylation sites is 2. The zero-order valence-electron chi connectivity index (χ0n) is 8.84. The highest BCUT2D eigenvalue weighted by atomic mass is 16.6. The Labute approximate surface area is 97.6 Å². The quantitative estimate of drug-likeness (QED) is 0.695. The predicted octanol–water partition coefficient (Wildman–Crippen LogP) is 2.68. The molecule has 1 heterocycles. The van der Waals surface area contributed by atoms with E-state index < -0.39 is 5.91 Å². The van der Waals surface area contributed by atoms with Gasteiger partial charge in [-0.1, -0.05) is 12.1 Å². The van der Waals surface area contributed by atoms with Crippen molar-refractivity contribution in [1.82, 2.24) is 0 Å². The van der Waals surface area contributed by atoms with E-state index in [-0.39, 0.29) is 0 Å². The number of hydrogen-bond donors (Lipinski definition) is 1. The van der Waals surface area contributed by atoms with E-state index >= 15 is 0 Å². The van der Waals surface area contributed by atoms with Crippen molar-refractivity contribution in [3.8, 4) is 23.0 Å². The minimum Gasteiger partial charge on any atom is -0.450 e. The SMILES string of the molecule is NC(=O)c1ccc2c(c1)Oc1ccccc1O2. The molecule has 3 rings (SSSR count). The molecule has 0 fully saturated rings. The van der Waals surface area contributed by atoms with Crippen LogP contribution in [0.1, 0.15) is 10.4 Å². The van der Waals surface area contributed by atoms with Gasteiger partial charge < -0.3 is 15.2 Å². The van der Waals surface area contributed by atoms with Crippen molar-refractivity contribution in [2.45, 2.75) is 0 Å². The lowest BCUT2D eigenvalue weighted by atomic mass is 10.2. The molecule has 2 N–H and O–H groups in total. The number of rotatable bonds is 1. The average molecular weight is 227 g/mol. The molecule has 2 aromatic carbocycles. The number of amides is 1. The Kier molecular flexibility index (Phi) is 2.01. The van der Waals surface area contributed by atoms with Crippen LogP contribution in [0, 0.1) is 0 Å². The maximum absolute atomic E-state index is 11.1. The molecule has 1 amide bonds. The number of carbonyl (C=O) groups excluding carboxylic acids is 1. The standard InChI is InChI=1S/C13H9NO3/c14-13(15)8-5-6-11-12(7-8)17-10-4-2-1-3-9(10)16-11/h1-7H,(H2,14,15). The summed E-state index contributed by atoms with van der Waals surface area (Å²) in [5, 5.41) is 0. The molecule has 0 radical (unpaired) electrons. The van der Waals surface area contributed by atoms with Crippen LogP contribution in [-0.2, 0) is 0 Å². The molecule has 0 saturated carbocycles. The topological polar surface area (TPSA) is 61.6 Å². The molecule has 1 aliphatic heterocycles. The van der Waals surface area contributed by atoms with Gasteiger partial charge in [-0.15, -0.1) is 0 Å². The van der Waals surface area contributed by atoms with Crippen molar-refractivity contribution in [3.05, 3.63) is 48.0 Å². The molecule has 0 aromatic heterocycles. The molecule has 4 nitrogen and oxygen atoms in total. The second-order valence-corrected chi connectivity index (χ2v) is 3.68. The van der Waals surface area contributed by atoms with Gasteiger partial charge in [-0.3, -0.25) is 4.79 Å². The monoisotopic (exact) mass is 227 g/mol. The molecule has 4 heteroatoms. The van der Waals surface area contributed by atoms with Crippen LogP contribution < -0.4 is 15.2 Å². The van der Waals surface area contributed by atoms with Crippen molar-refractivity contribution in [3.63, 3.8) is 0 Å². The Morgan fingerprint density at radius 1 is 0.882 bits per heavy atom. The van der Waals surface area contributed by atoms with E-state index in [9.17, 15) is 4.79 Å². The van der Waals surface area contributed by atoms with Crippen LogP contribution in [-0.4, -0.2) is 5.91 Å². The third-order valence-electron chi connectivity index (χ3n) is 2.52. The largest absolute Gasteiger partial charge is 0.450 e. The summed E-state index contributed by atoms with van der Waals surface area (Å²) in [6.07, 6.45) is 0. The fraction of sp³-hybridized carbons (Fsp3) is 0. The zero-order chi connectivity index (χ0) is 11.8. The van der Waals surface area contributed by atoms with Gasteiger partial charge in [0.05, 0.1) is 0 Å². The summed E-state index contributed by atoms with van der Waals surface area (Å²) in [5.74, 6) is 1.87. The van der Waals surface area contributed by atoms with E-state index in [1.165, 1.54) is 0 Å². The minimum absolute atomic E-state index is 0.395. The van der Waals surface area contributed by atoms with Gasteiger partial charge in [-0.2, -0.15) is 0 Å². The first-order valence-corrected chi connectivity index (χ1v) is 5.12. The number of benzene rings is 2. The van der Waals surface area contributed by atoms with Crippen LogP contribution in [0.3, 0.4) is 0 Å². The fourth-order valence-corrected chi connectivity index (χ4v) is 1.68. The van der Waals surface area contributed by atoms with Crippen molar-refractivity contribution < 1.29 is 14.3 Å². The van der Waals surface area contributed by atoms with Gasteiger partial charge in [-0.05, 0) is 30.3 Å². The Bertz CT molecular complexity index is 607. The van der Waals surface area contributed by atoms with Crippen molar-refractivity contribution >= 4 is 5.91 Å². The van der Waals surface area contributed by atoms with Gasteiger partial charge >= 0.3 is 0 Å². The molecule has 0 atom stereocenters. The second-order valence-electron chi connectivity index (χ2n) is 3.68. The number of ether oxygens (including phenoxy) is 2. The molecule has 0 aliphatic carbocycles. The number of primary amides is 1. The van der Waals surface area contributed by atoms with Crippen molar-refractivity contribution in [2.24, 2.45) is 5.73 Å². The lowest BCUT2D eigenvalue weighted by Crippen LogP contribution is -2.11. The predicted molar refractivity (Wildman–Crippen MR) is 61.5 cm³/mol. The molecule has 0 saturated heterocycles. The summed E-state index contributed by atoms with van der Waals surface area (Å²) in [4.78, 5) is 11.1. The van der Waals surface area contributed by atoms with E-state index in [2.05, 4.69) is 0 Å². The highest BCUT2D eigenvalue weighted by molar-refractivity contribution is 5.93. The molecule has 0 unspecified atom stereocenters. The maximum atomic E-state index is 11.1. The van der Waals surface area contributed by atoms with Crippen LogP contribution in [0.25, 0.3) is 0 Å². The van der Waals surface area contributed by atoms with Gasteiger partial charge in [0.1, 0.15) is 0 Å². The minimum atomic E-state index is -0.491. The molecule has 84 valence electrons. The Morgan fingerprint density at radius 2 is 1.47 bits per heavy atom. The fourth-order valence-electron chi connectivity index (χ4n) is 1.68. The highest BCUT2D eigenvalue weighted by Crippen LogP contribution is 2.44. The maximum Gasteiger partial charge on any atom is 0.248 e. The van der Waals surface area contributed by atoms with Gasteiger partial charge in [0.15, 0.2) is 23.0 Å². The lowest BCUT2D eigenvalue weighted by Gasteiger charge is -2.20. The van der Waals surface area contributed by atoms with Gasteiger partial charge in [0.25, 0.3) is 0 Å². The van der Waals surface area contributed by atoms with E-state index in [1.807, 2.05) is 18.2 Å². The molecule has 2 aromatic rings. The number of nitrogens with two attached hydrogens (primary N) is 1. The summed E-state index contributed by atoms with van der Waals surface area (Å²) >= 11 is 0. The van der Waals surface area contributed by atoms with Crippen LogP contribution >= 0.6 is 0 Å². The summed E-state index contributed by atoms with van der Waals surface area (Å²) in [5.41, 5.74) is 5.60. The smallest absolute Gasteiger partial charge is 0.248 e. The molecule has 17 heavy (non-hydrogen) atoms. The molecular weight excluding hydrogens is 218 g/mol. The molecule has 0 bridgehead atoms. The Balaban J connectivity index is 2.06. The third-order valence-corrected chi connectivity index (χ3v) is 2.52. The second kappa shape index (κ2) is 3.52. The Hall–Kier alpha value is -2.49. The van der Waals surface area contributed by atoms with E-state index in [1.54, 1.807) is 24.3 Å². The van der Waals surface area contributed by atoms with Crippen LogP contribution in [0.15, 0.2) is 42.5 Å².